The van der Waals surface area contributed by atoms with Crippen LogP contribution in [0.4, 0.5) is 5.13 Å². The summed E-state index contributed by atoms with van der Waals surface area (Å²) in [6.07, 6.45) is 2.36. The van der Waals surface area contributed by atoms with Crippen LogP contribution in [-0.2, 0) is 17.6 Å². The molecule has 1 fully saturated rings. The van der Waals surface area contributed by atoms with Crippen LogP contribution in [-0.4, -0.2) is 36.6 Å². The first-order valence-electron chi connectivity index (χ1n) is 11.1. The molecule has 0 spiro atoms. The number of carbonyl (C=O) groups excluding carboxylic acids is 1. The van der Waals surface area contributed by atoms with Crippen molar-refractivity contribution in [2.75, 3.05) is 24.7 Å². The van der Waals surface area contributed by atoms with Crippen molar-refractivity contribution in [1.82, 2.24) is 4.98 Å². The molecule has 1 atom stereocenters. The Labute approximate surface area is 201 Å². The largest absolute Gasteiger partial charge is 0.377 e. The quantitative estimate of drug-likeness (QED) is 0.420. The topological polar surface area (TPSA) is 42.4 Å². The minimum atomic E-state index is -0.00664. The van der Waals surface area contributed by atoms with Crippen molar-refractivity contribution in [2.24, 2.45) is 5.41 Å². The summed E-state index contributed by atoms with van der Waals surface area (Å²) in [4.78, 5) is 20.9. The van der Waals surface area contributed by atoms with Crippen LogP contribution in [0.2, 0.25) is 0 Å². The number of morpholine rings is 1. The van der Waals surface area contributed by atoms with Crippen LogP contribution >= 0.6 is 27.3 Å². The van der Waals surface area contributed by atoms with Crippen molar-refractivity contribution in [2.45, 2.75) is 39.2 Å². The van der Waals surface area contributed by atoms with E-state index in [4.69, 9.17) is 9.72 Å². The molecule has 166 valence electrons. The number of fused-ring (bicyclic) bond motifs is 1. The Hall–Kier alpha value is -2.02. The fourth-order valence-corrected chi connectivity index (χ4v) is 6.08. The molecule has 0 saturated carbocycles. The lowest BCUT2D eigenvalue weighted by atomic mass is 9.78. The van der Waals surface area contributed by atoms with E-state index < -0.39 is 0 Å². The van der Waals surface area contributed by atoms with Gasteiger partial charge in [-0.1, -0.05) is 77.5 Å². The molecule has 4 nitrogen and oxygen atoms in total. The first kappa shape index (κ1) is 21.8. The first-order chi connectivity index (χ1) is 15.4. The molecule has 0 bridgehead atoms. The molecular formula is C26H27BrN2O2S. The smallest absolute Gasteiger partial charge is 0.186 e. The van der Waals surface area contributed by atoms with Crippen LogP contribution in [0.1, 0.15) is 41.2 Å². The molecule has 1 aromatic heterocycles. The van der Waals surface area contributed by atoms with Crippen molar-refractivity contribution in [3.63, 3.8) is 0 Å². The van der Waals surface area contributed by atoms with E-state index in [1.165, 1.54) is 16.7 Å². The molecule has 2 aromatic carbocycles. The third kappa shape index (κ3) is 4.54. The summed E-state index contributed by atoms with van der Waals surface area (Å²) >= 11 is 5.08. The van der Waals surface area contributed by atoms with Crippen molar-refractivity contribution in [3.8, 4) is 11.1 Å². The number of thiazole rings is 1. The van der Waals surface area contributed by atoms with Gasteiger partial charge in [0.15, 0.2) is 10.9 Å². The van der Waals surface area contributed by atoms with E-state index in [2.05, 4.69) is 83.2 Å². The van der Waals surface area contributed by atoms with E-state index in [0.29, 0.717) is 19.6 Å². The zero-order valence-corrected chi connectivity index (χ0v) is 20.8. The molecule has 1 saturated heterocycles. The molecule has 0 amide bonds. The van der Waals surface area contributed by atoms with Crippen LogP contribution < -0.4 is 4.90 Å². The number of ketones is 1. The number of nitrogens with zero attached hydrogens (tertiary/aromatic N) is 2. The molecule has 32 heavy (non-hydrogen) atoms. The van der Waals surface area contributed by atoms with Gasteiger partial charge in [0.2, 0.25) is 0 Å². The van der Waals surface area contributed by atoms with Gasteiger partial charge in [-0.15, -0.1) is 0 Å². The number of carbonyl (C=O) groups is 1. The Balaban J connectivity index is 1.39. The Morgan fingerprint density at radius 2 is 1.97 bits per heavy atom. The zero-order valence-electron chi connectivity index (χ0n) is 18.4. The summed E-state index contributed by atoms with van der Waals surface area (Å²) in [5, 5.41) is 0.971. The Bertz CT molecular complexity index is 1140. The van der Waals surface area contributed by atoms with E-state index in [0.717, 1.165) is 39.6 Å². The van der Waals surface area contributed by atoms with Gasteiger partial charge in [0.1, 0.15) is 0 Å². The summed E-state index contributed by atoms with van der Waals surface area (Å²) in [6.45, 7) is 6.48. The highest BCUT2D eigenvalue weighted by Gasteiger charge is 2.36. The van der Waals surface area contributed by atoms with Gasteiger partial charge >= 0.3 is 0 Å². The van der Waals surface area contributed by atoms with Gasteiger partial charge < -0.3 is 9.64 Å². The second kappa shape index (κ2) is 8.73. The highest BCUT2D eigenvalue weighted by Crippen LogP contribution is 2.40. The number of benzene rings is 2. The van der Waals surface area contributed by atoms with Crippen molar-refractivity contribution >= 4 is 38.2 Å². The van der Waals surface area contributed by atoms with Crippen LogP contribution in [0.3, 0.4) is 0 Å². The second-order valence-electron chi connectivity index (χ2n) is 9.55. The van der Waals surface area contributed by atoms with Crippen LogP contribution in [0.5, 0.6) is 0 Å². The second-order valence-corrected chi connectivity index (χ2v) is 11.4. The van der Waals surface area contributed by atoms with Gasteiger partial charge in [0.25, 0.3) is 0 Å². The van der Waals surface area contributed by atoms with Gasteiger partial charge in [-0.05, 0) is 47.1 Å². The molecule has 6 heteroatoms. The molecule has 3 aromatic rings. The highest BCUT2D eigenvalue weighted by molar-refractivity contribution is 9.10. The standard InChI is InChI=1S/C26H27BrN2O2S/c1-26(2)14-22-24(23(30)15-26)32-25(28-22)29-10-11-31-16-21(29)13-17-4-3-5-19(12-17)18-6-8-20(27)9-7-18/h3-9,12,21H,10-11,13-16H2,1-2H3/t21-/m0/s1. The Kier molecular flexibility index (Phi) is 5.95. The van der Waals surface area contributed by atoms with E-state index in [-0.39, 0.29) is 17.2 Å². The molecule has 2 heterocycles. The first-order valence-corrected chi connectivity index (χ1v) is 12.7. The fraction of sp³-hybridized carbons (Fsp3) is 0.385. The summed E-state index contributed by atoms with van der Waals surface area (Å²) in [6, 6.07) is 17.4. The monoisotopic (exact) mass is 510 g/mol. The molecule has 5 rings (SSSR count). The molecule has 1 aliphatic heterocycles. The maximum absolute atomic E-state index is 12.7. The lowest BCUT2D eigenvalue weighted by Crippen LogP contribution is -2.46. The minimum Gasteiger partial charge on any atom is -0.377 e. The van der Waals surface area contributed by atoms with Crippen LogP contribution in [0.25, 0.3) is 11.1 Å². The average Bonchev–Trinajstić information content (AvgIpc) is 3.18. The van der Waals surface area contributed by atoms with Gasteiger partial charge in [-0.3, -0.25) is 4.79 Å². The van der Waals surface area contributed by atoms with E-state index >= 15 is 0 Å². The van der Waals surface area contributed by atoms with Crippen LogP contribution in [0.15, 0.2) is 53.0 Å². The molecule has 2 aliphatic rings. The molecule has 0 radical (unpaired) electrons. The van der Waals surface area contributed by atoms with E-state index in [1.807, 2.05) is 0 Å². The average molecular weight is 511 g/mol. The lowest BCUT2D eigenvalue weighted by Gasteiger charge is -2.35. The predicted molar refractivity (Wildman–Crippen MR) is 134 cm³/mol. The number of hydrogen-bond donors (Lipinski definition) is 0. The summed E-state index contributed by atoms with van der Waals surface area (Å²) < 4.78 is 6.94. The number of anilines is 1. The van der Waals surface area contributed by atoms with Crippen molar-refractivity contribution < 1.29 is 9.53 Å². The maximum atomic E-state index is 12.7. The number of rotatable bonds is 4. The van der Waals surface area contributed by atoms with Gasteiger partial charge in [0.05, 0.1) is 29.8 Å². The Morgan fingerprint density at radius 3 is 2.78 bits per heavy atom. The summed E-state index contributed by atoms with van der Waals surface area (Å²) in [5.41, 5.74) is 4.68. The number of halogens is 1. The number of ether oxygens (including phenoxy) is 1. The molecular weight excluding hydrogens is 484 g/mol. The van der Waals surface area contributed by atoms with Gasteiger partial charge in [-0.25, -0.2) is 4.98 Å². The Morgan fingerprint density at radius 1 is 1.16 bits per heavy atom. The number of aromatic nitrogens is 1. The van der Waals surface area contributed by atoms with Gasteiger partial charge in [-0.2, -0.15) is 0 Å². The number of hydrogen-bond acceptors (Lipinski definition) is 5. The third-order valence-electron chi connectivity index (χ3n) is 6.27. The van der Waals surface area contributed by atoms with Gasteiger partial charge in [0, 0.05) is 17.4 Å². The fourth-order valence-electron chi connectivity index (χ4n) is 4.70. The number of Topliss-reactive ketones (excluding diaryl/α,β-unsaturated/α-hetero) is 1. The molecule has 0 N–H and O–H groups in total. The summed E-state index contributed by atoms with van der Waals surface area (Å²) in [7, 11) is 0. The highest BCUT2D eigenvalue weighted by atomic mass is 79.9. The minimum absolute atomic E-state index is 0.00664. The zero-order chi connectivity index (χ0) is 22.3. The van der Waals surface area contributed by atoms with E-state index in [9.17, 15) is 4.79 Å². The van der Waals surface area contributed by atoms with Crippen molar-refractivity contribution in [1.29, 1.82) is 0 Å². The maximum Gasteiger partial charge on any atom is 0.186 e. The van der Waals surface area contributed by atoms with Crippen LogP contribution in [0, 0.1) is 5.41 Å². The normalized spacial score (nSPS) is 20.3. The lowest BCUT2D eigenvalue weighted by molar-refractivity contribution is 0.0915. The third-order valence-corrected chi connectivity index (χ3v) is 7.98. The molecule has 1 aliphatic carbocycles. The molecule has 0 unspecified atom stereocenters. The van der Waals surface area contributed by atoms with E-state index in [1.54, 1.807) is 11.3 Å². The van der Waals surface area contributed by atoms with Crippen molar-refractivity contribution in [3.05, 3.63) is 69.1 Å². The SMILES string of the molecule is CC1(C)CC(=O)c2sc(N3CCOC[C@@H]3Cc3cccc(-c4ccc(Br)cc4)c3)nc2C1. The predicted octanol–water partition coefficient (Wildman–Crippen LogP) is 6.18. The summed E-state index contributed by atoms with van der Waals surface area (Å²) in [5.74, 6) is 0.243.